The number of methoxy groups -OCH3 is 1. The Labute approximate surface area is 88.4 Å². The van der Waals surface area contributed by atoms with Crippen LogP contribution in [0.4, 0.5) is 4.39 Å². The molecule has 0 aliphatic carbocycles. The van der Waals surface area contributed by atoms with Crippen molar-refractivity contribution in [2.75, 3.05) is 7.11 Å². The minimum atomic E-state index is -0.468. The molecule has 0 aromatic carbocycles. The monoisotopic (exact) mass is 295 g/mol. The summed E-state index contributed by atoms with van der Waals surface area (Å²) in [6.07, 6.45) is 1.28. The van der Waals surface area contributed by atoms with Gasteiger partial charge in [-0.25, -0.2) is 9.37 Å². The Kier molecular flexibility index (Phi) is 3.58. The molecule has 0 radical (unpaired) electrons. The first-order chi connectivity index (χ1) is 6.15. The van der Waals surface area contributed by atoms with Crippen LogP contribution in [-0.4, -0.2) is 18.1 Å². The molecule has 0 aliphatic heterocycles. The zero-order valence-electron chi connectivity index (χ0n) is 6.88. The van der Waals surface area contributed by atoms with E-state index in [9.17, 15) is 9.18 Å². The number of hydrogen-bond donors (Lipinski definition) is 0. The lowest BCUT2D eigenvalue weighted by atomic mass is 10.2. The van der Waals surface area contributed by atoms with Crippen molar-refractivity contribution in [3.8, 4) is 0 Å². The van der Waals surface area contributed by atoms with Crippen molar-refractivity contribution in [2.45, 2.75) is 6.42 Å². The van der Waals surface area contributed by atoms with Crippen LogP contribution in [0.2, 0.25) is 0 Å². The third-order valence-corrected chi connectivity index (χ3v) is 2.42. The molecule has 1 heterocycles. The fourth-order valence-electron chi connectivity index (χ4n) is 0.819. The summed E-state index contributed by atoms with van der Waals surface area (Å²) in [6, 6.07) is 1.22. The largest absolute Gasteiger partial charge is 0.469 e. The molecule has 5 heteroatoms. The number of rotatable bonds is 2. The molecule has 0 bridgehead atoms. The normalized spacial score (nSPS) is 9.77. The number of nitrogens with zero attached hydrogens (tertiary/aromatic N) is 1. The van der Waals surface area contributed by atoms with Crippen molar-refractivity contribution < 1.29 is 13.9 Å². The van der Waals surface area contributed by atoms with Gasteiger partial charge in [-0.1, -0.05) is 0 Å². The van der Waals surface area contributed by atoms with Crippen LogP contribution in [0.3, 0.4) is 0 Å². The Morgan fingerprint density at radius 2 is 2.46 bits per heavy atom. The van der Waals surface area contributed by atoms with E-state index in [-0.39, 0.29) is 12.0 Å². The summed E-state index contributed by atoms with van der Waals surface area (Å²) in [5.41, 5.74) is 0.287. The smallest absolute Gasteiger partial charge is 0.310 e. The maximum atomic E-state index is 13.1. The van der Waals surface area contributed by atoms with Gasteiger partial charge in [-0.05, 0) is 28.7 Å². The lowest BCUT2D eigenvalue weighted by molar-refractivity contribution is -0.139. The minimum Gasteiger partial charge on any atom is -0.469 e. The molecule has 0 N–H and O–H groups in total. The first-order valence-corrected chi connectivity index (χ1v) is 4.58. The van der Waals surface area contributed by atoms with Crippen LogP contribution in [0, 0.1) is 9.52 Å². The van der Waals surface area contributed by atoms with E-state index in [1.54, 1.807) is 0 Å². The zero-order valence-corrected chi connectivity index (χ0v) is 9.04. The molecule has 0 fully saturated rings. The highest BCUT2D eigenvalue weighted by atomic mass is 127. The number of halogens is 2. The van der Waals surface area contributed by atoms with E-state index in [2.05, 4.69) is 9.72 Å². The first kappa shape index (κ1) is 10.4. The van der Waals surface area contributed by atoms with Crippen LogP contribution in [0.25, 0.3) is 0 Å². The van der Waals surface area contributed by atoms with Gasteiger partial charge in [0.15, 0.2) is 0 Å². The maximum absolute atomic E-state index is 13.1. The zero-order chi connectivity index (χ0) is 9.84. The predicted molar refractivity (Wildman–Crippen MR) is 52.6 cm³/mol. The summed E-state index contributed by atoms with van der Waals surface area (Å²) in [5.74, 6) is -0.894. The SMILES string of the molecule is COC(=O)Cc1c(F)ccnc1I. The van der Waals surface area contributed by atoms with Crippen LogP contribution < -0.4 is 0 Å². The van der Waals surface area contributed by atoms with Crippen molar-refractivity contribution in [1.29, 1.82) is 0 Å². The van der Waals surface area contributed by atoms with Gasteiger partial charge in [0.2, 0.25) is 0 Å². The first-order valence-electron chi connectivity index (χ1n) is 3.51. The minimum absolute atomic E-state index is 0.0750. The van der Waals surface area contributed by atoms with E-state index in [1.165, 1.54) is 19.4 Å². The Hall–Kier alpha value is -0.720. The van der Waals surface area contributed by atoms with E-state index in [0.29, 0.717) is 3.70 Å². The Morgan fingerprint density at radius 1 is 1.77 bits per heavy atom. The fraction of sp³-hybridized carbons (Fsp3) is 0.250. The van der Waals surface area contributed by atoms with E-state index >= 15 is 0 Å². The number of esters is 1. The number of ether oxygens (including phenoxy) is 1. The van der Waals surface area contributed by atoms with Gasteiger partial charge in [0.1, 0.15) is 9.52 Å². The van der Waals surface area contributed by atoms with Gasteiger partial charge >= 0.3 is 5.97 Å². The second kappa shape index (κ2) is 4.50. The summed E-state index contributed by atoms with van der Waals surface area (Å²) in [5, 5.41) is 0. The molecule has 1 rings (SSSR count). The number of pyridine rings is 1. The van der Waals surface area contributed by atoms with Gasteiger partial charge in [-0.2, -0.15) is 0 Å². The topological polar surface area (TPSA) is 39.2 Å². The molecule has 0 spiro atoms. The Balaban J connectivity index is 2.93. The lowest BCUT2D eigenvalue weighted by Crippen LogP contribution is -2.08. The van der Waals surface area contributed by atoms with Gasteiger partial charge in [-0.3, -0.25) is 4.79 Å². The van der Waals surface area contributed by atoms with Crippen molar-refractivity contribution in [3.63, 3.8) is 0 Å². The predicted octanol–water partition coefficient (Wildman–Crippen LogP) is 1.54. The van der Waals surface area contributed by atoms with Crippen LogP contribution in [0.5, 0.6) is 0 Å². The van der Waals surface area contributed by atoms with Crippen LogP contribution in [0.1, 0.15) is 5.56 Å². The Morgan fingerprint density at radius 3 is 3.00 bits per heavy atom. The van der Waals surface area contributed by atoms with Gasteiger partial charge in [0, 0.05) is 11.8 Å². The number of aromatic nitrogens is 1. The van der Waals surface area contributed by atoms with Crippen molar-refractivity contribution in [2.24, 2.45) is 0 Å². The van der Waals surface area contributed by atoms with Crippen LogP contribution in [-0.2, 0) is 16.0 Å². The van der Waals surface area contributed by atoms with Crippen LogP contribution in [0.15, 0.2) is 12.3 Å². The summed E-state index contributed by atoms with van der Waals surface area (Å²) < 4.78 is 18.0. The molecule has 0 saturated carbocycles. The number of hydrogen-bond acceptors (Lipinski definition) is 3. The molecule has 70 valence electrons. The van der Waals surface area contributed by atoms with Gasteiger partial charge in [-0.15, -0.1) is 0 Å². The van der Waals surface area contributed by atoms with E-state index in [4.69, 9.17) is 0 Å². The van der Waals surface area contributed by atoms with E-state index in [1.807, 2.05) is 22.6 Å². The molecule has 1 aromatic rings. The quantitative estimate of drug-likeness (QED) is 0.472. The standard InChI is InChI=1S/C8H7FINO2/c1-13-7(12)4-5-6(9)2-3-11-8(5)10/h2-3H,4H2,1H3. The summed E-state index contributed by atoms with van der Waals surface area (Å²) in [4.78, 5) is 14.7. The molecular formula is C8H7FINO2. The fourth-order valence-corrected chi connectivity index (χ4v) is 1.43. The highest BCUT2D eigenvalue weighted by Crippen LogP contribution is 2.13. The third-order valence-electron chi connectivity index (χ3n) is 1.49. The summed E-state index contributed by atoms with van der Waals surface area (Å²) in [7, 11) is 1.27. The van der Waals surface area contributed by atoms with Gasteiger partial charge < -0.3 is 4.74 Å². The highest BCUT2D eigenvalue weighted by molar-refractivity contribution is 14.1. The van der Waals surface area contributed by atoms with Gasteiger partial charge in [0.05, 0.1) is 13.5 Å². The summed E-state index contributed by atoms with van der Waals surface area (Å²) >= 11 is 1.88. The second-order valence-electron chi connectivity index (χ2n) is 2.32. The molecule has 0 atom stereocenters. The number of carbonyl (C=O) groups excluding carboxylic acids is 1. The lowest BCUT2D eigenvalue weighted by Gasteiger charge is -2.02. The van der Waals surface area contributed by atoms with Crippen LogP contribution >= 0.6 is 22.6 Å². The summed E-state index contributed by atoms with van der Waals surface area (Å²) in [6.45, 7) is 0. The Bertz CT molecular complexity index is 310. The highest BCUT2D eigenvalue weighted by Gasteiger charge is 2.12. The van der Waals surface area contributed by atoms with Crippen molar-refractivity contribution in [3.05, 3.63) is 27.3 Å². The second-order valence-corrected chi connectivity index (χ2v) is 3.34. The third kappa shape index (κ3) is 2.61. The number of carbonyl (C=O) groups is 1. The molecule has 3 nitrogen and oxygen atoms in total. The maximum Gasteiger partial charge on any atom is 0.310 e. The average molecular weight is 295 g/mol. The molecule has 0 saturated heterocycles. The molecular weight excluding hydrogens is 288 g/mol. The molecule has 0 aliphatic rings. The average Bonchev–Trinajstić information content (AvgIpc) is 2.11. The van der Waals surface area contributed by atoms with Gasteiger partial charge in [0.25, 0.3) is 0 Å². The van der Waals surface area contributed by atoms with E-state index < -0.39 is 11.8 Å². The molecule has 1 aromatic heterocycles. The molecule has 0 amide bonds. The molecule has 13 heavy (non-hydrogen) atoms. The van der Waals surface area contributed by atoms with E-state index in [0.717, 1.165) is 0 Å². The van der Waals surface area contributed by atoms with Crippen molar-refractivity contribution in [1.82, 2.24) is 4.98 Å². The van der Waals surface area contributed by atoms with Crippen molar-refractivity contribution >= 4 is 28.6 Å². The molecule has 0 unspecified atom stereocenters.